The molecule has 0 radical (unpaired) electrons. The van der Waals surface area contributed by atoms with Crippen molar-refractivity contribution in [1.29, 1.82) is 0 Å². The summed E-state index contributed by atoms with van der Waals surface area (Å²) in [5.41, 5.74) is 1.87. The van der Waals surface area contributed by atoms with E-state index in [0.717, 1.165) is 18.2 Å². The van der Waals surface area contributed by atoms with Gasteiger partial charge in [-0.25, -0.2) is 18.3 Å². The first-order chi connectivity index (χ1) is 20.0. The van der Waals surface area contributed by atoms with Gasteiger partial charge in [-0.1, -0.05) is 11.6 Å². The molecule has 0 saturated carbocycles. The Morgan fingerprint density at radius 3 is 2.62 bits per heavy atom. The number of aromatic nitrogens is 3. The van der Waals surface area contributed by atoms with Crippen LogP contribution in [0.2, 0.25) is 5.02 Å². The Morgan fingerprint density at radius 1 is 1.02 bits per heavy atom. The monoisotopic (exact) mass is 599 g/mol. The van der Waals surface area contributed by atoms with Crippen LogP contribution in [-0.4, -0.2) is 32.8 Å². The van der Waals surface area contributed by atoms with Crippen molar-refractivity contribution in [3.63, 3.8) is 0 Å². The maximum atomic E-state index is 14.2. The van der Waals surface area contributed by atoms with E-state index in [4.69, 9.17) is 11.6 Å². The van der Waals surface area contributed by atoms with E-state index in [1.165, 1.54) is 23.0 Å². The summed E-state index contributed by atoms with van der Waals surface area (Å²) in [6.07, 6.45) is -2.20. The Kier molecular flexibility index (Phi) is 6.53. The first kappa shape index (κ1) is 27.1. The zero-order valence-electron chi connectivity index (χ0n) is 20.8. The average Bonchev–Trinajstić information content (AvgIpc) is 3.54. The highest BCUT2D eigenvalue weighted by Gasteiger charge is 2.36. The van der Waals surface area contributed by atoms with E-state index in [9.17, 15) is 31.5 Å². The summed E-state index contributed by atoms with van der Waals surface area (Å²) in [7, 11) is 0. The van der Waals surface area contributed by atoms with Gasteiger partial charge in [-0.05, 0) is 66.2 Å². The maximum absolute atomic E-state index is 14.2. The molecule has 1 aliphatic rings. The number of alkyl halides is 3. The van der Waals surface area contributed by atoms with Crippen LogP contribution in [0.3, 0.4) is 0 Å². The standard InChI is InChI=1S/C28H15ClF5N5O3/c29-19-4-3-16(30)10-17(19)25-24-18(27(41)38-25)7-15(14-2-6-23-35-12-36-39(23)11-14)8-21(24)37-26(40)13-1-5-20(31)22(9-13)42-28(32,33)34/h1-12,25H,(H,37,40)(H,38,41)/t25-/m1/s1. The van der Waals surface area contributed by atoms with E-state index in [1.807, 2.05) is 0 Å². The van der Waals surface area contributed by atoms with Gasteiger partial charge in [0.2, 0.25) is 0 Å². The minimum absolute atomic E-state index is 0.0671. The number of fused-ring (bicyclic) bond motifs is 2. The molecule has 0 aliphatic carbocycles. The summed E-state index contributed by atoms with van der Waals surface area (Å²) in [5, 5.41) is 9.58. The van der Waals surface area contributed by atoms with Gasteiger partial charge >= 0.3 is 6.36 Å². The molecule has 212 valence electrons. The molecule has 2 N–H and O–H groups in total. The summed E-state index contributed by atoms with van der Waals surface area (Å²) >= 11 is 6.34. The Bertz CT molecular complexity index is 1910. The molecule has 2 aromatic heterocycles. The molecular weight excluding hydrogens is 585 g/mol. The van der Waals surface area contributed by atoms with E-state index in [2.05, 4.69) is 25.5 Å². The van der Waals surface area contributed by atoms with Crippen molar-refractivity contribution < 1.29 is 36.3 Å². The van der Waals surface area contributed by atoms with Gasteiger partial charge in [-0.2, -0.15) is 5.10 Å². The number of anilines is 1. The van der Waals surface area contributed by atoms with Gasteiger partial charge in [-0.15, -0.1) is 13.2 Å². The summed E-state index contributed by atoms with van der Waals surface area (Å²) in [5.74, 6) is -4.62. The Morgan fingerprint density at radius 2 is 1.83 bits per heavy atom. The zero-order valence-corrected chi connectivity index (χ0v) is 21.6. The number of halogens is 6. The lowest BCUT2D eigenvalue weighted by Crippen LogP contribution is -2.21. The van der Waals surface area contributed by atoms with Crippen molar-refractivity contribution in [3.05, 3.63) is 112 Å². The maximum Gasteiger partial charge on any atom is 0.573 e. The molecule has 2 amide bonds. The lowest BCUT2D eigenvalue weighted by Gasteiger charge is -2.19. The van der Waals surface area contributed by atoms with Gasteiger partial charge in [-0.3, -0.25) is 9.59 Å². The SMILES string of the molecule is O=C(Nc1cc(-c2ccc3ncnn3c2)cc2c1[C@@H](c1cc(F)ccc1Cl)NC2=O)c1ccc(F)c(OC(F)(F)F)c1. The van der Waals surface area contributed by atoms with Gasteiger partial charge in [0.1, 0.15) is 12.1 Å². The van der Waals surface area contributed by atoms with Crippen molar-refractivity contribution in [2.45, 2.75) is 12.4 Å². The van der Waals surface area contributed by atoms with Crippen molar-refractivity contribution in [1.82, 2.24) is 19.9 Å². The van der Waals surface area contributed by atoms with Crippen LogP contribution in [-0.2, 0) is 0 Å². The summed E-state index contributed by atoms with van der Waals surface area (Å²) in [4.78, 5) is 30.6. The summed E-state index contributed by atoms with van der Waals surface area (Å²) in [6, 6.07) is 11.3. The number of benzene rings is 3. The van der Waals surface area contributed by atoms with Crippen LogP contribution in [0.4, 0.5) is 27.6 Å². The molecule has 0 saturated heterocycles. The molecular formula is C28H15ClF5N5O3. The molecule has 6 rings (SSSR count). The molecule has 1 aliphatic heterocycles. The van der Waals surface area contributed by atoms with Crippen LogP contribution in [0, 0.1) is 11.6 Å². The average molecular weight is 600 g/mol. The smallest absolute Gasteiger partial charge is 0.403 e. The molecule has 3 aromatic carbocycles. The fourth-order valence-corrected chi connectivity index (χ4v) is 4.93. The molecule has 8 nitrogen and oxygen atoms in total. The van der Waals surface area contributed by atoms with Crippen LogP contribution in [0.25, 0.3) is 16.8 Å². The molecule has 0 unspecified atom stereocenters. The van der Waals surface area contributed by atoms with E-state index >= 15 is 0 Å². The van der Waals surface area contributed by atoms with E-state index < -0.39 is 41.6 Å². The van der Waals surface area contributed by atoms with Crippen molar-refractivity contribution in [3.8, 4) is 16.9 Å². The minimum Gasteiger partial charge on any atom is -0.403 e. The third kappa shape index (κ3) is 5.09. The van der Waals surface area contributed by atoms with Gasteiger partial charge in [0.25, 0.3) is 11.8 Å². The normalized spacial score (nSPS) is 14.5. The molecule has 0 spiro atoms. The third-order valence-corrected chi connectivity index (χ3v) is 6.88. The second-order valence-corrected chi connectivity index (χ2v) is 9.59. The molecule has 0 fully saturated rings. The molecule has 1 atom stereocenters. The number of carbonyl (C=O) groups is 2. The Labute approximate surface area is 237 Å². The minimum atomic E-state index is -5.19. The summed E-state index contributed by atoms with van der Waals surface area (Å²) in [6.45, 7) is 0. The Hall–Kier alpha value is -5.04. The number of nitrogens with one attached hydrogen (secondary N) is 2. The largest absolute Gasteiger partial charge is 0.573 e. The van der Waals surface area contributed by atoms with Crippen molar-refractivity contribution >= 4 is 34.7 Å². The van der Waals surface area contributed by atoms with Crippen LogP contribution in [0.15, 0.2) is 73.2 Å². The lowest BCUT2D eigenvalue weighted by atomic mass is 9.93. The number of hydrogen-bond acceptors (Lipinski definition) is 5. The van der Waals surface area contributed by atoms with Gasteiger partial charge in [0.15, 0.2) is 17.2 Å². The first-order valence-electron chi connectivity index (χ1n) is 12.1. The quantitative estimate of drug-likeness (QED) is 0.231. The van der Waals surface area contributed by atoms with Crippen LogP contribution < -0.4 is 15.4 Å². The van der Waals surface area contributed by atoms with Crippen molar-refractivity contribution in [2.75, 3.05) is 5.32 Å². The molecule has 42 heavy (non-hydrogen) atoms. The number of pyridine rings is 1. The topological polar surface area (TPSA) is 97.6 Å². The fraction of sp³-hybridized carbons (Fsp3) is 0.0714. The molecule has 5 aromatic rings. The van der Waals surface area contributed by atoms with E-state index in [-0.39, 0.29) is 33.0 Å². The van der Waals surface area contributed by atoms with Gasteiger partial charge in [0, 0.05) is 44.7 Å². The highest BCUT2D eigenvalue weighted by atomic mass is 35.5. The predicted octanol–water partition coefficient (Wildman–Crippen LogP) is 6.31. The van der Waals surface area contributed by atoms with Crippen LogP contribution >= 0.6 is 11.6 Å². The molecule has 0 bridgehead atoms. The summed E-state index contributed by atoms with van der Waals surface area (Å²) < 4.78 is 71.7. The van der Waals surface area contributed by atoms with Gasteiger partial charge < -0.3 is 15.4 Å². The number of carbonyl (C=O) groups excluding carboxylic acids is 2. The number of ether oxygens (including phenoxy) is 1. The molecule has 14 heteroatoms. The number of hydrogen-bond donors (Lipinski definition) is 2. The third-order valence-electron chi connectivity index (χ3n) is 6.53. The zero-order chi connectivity index (χ0) is 29.8. The first-order valence-corrected chi connectivity index (χ1v) is 12.4. The predicted molar refractivity (Wildman–Crippen MR) is 140 cm³/mol. The second kappa shape index (κ2) is 10.1. The number of amides is 2. The van der Waals surface area contributed by atoms with E-state index in [1.54, 1.807) is 24.4 Å². The molecule has 3 heterocycles. The van der Waals surface area contributed by atoms with Crippen LogP contribution in [0.5, 0.6) is 5.75 Å². The fourth-order valence-electron chi connectivity index (χ4n) is 4.70. The van der Waals surface area contributed by atoms with Gasteiger partial charge in [0.05, 0.1) is 6.04 Å². The highest BCUT2D eigenvalue weighted by molar-refractivity contribution is 6.31. The second-order valence-electron chi connectivity index (χ2n) is 9.19. The highest BCUT2D eigenvalue weighted by Crippen LogP contribution is 2.42. The van der Waals surface area contributed by atoms with Crippen molar-refractivity contribution in [2.24, 2.45) is 0 Å². The number of rotatable bonds is 5. The lowest BCUT2D eigenvalue weighted by molar-refractivity contribution is -0.275. The Balaban J connectivity index is 1.48. The number of nitrogens with zero attached hydrogens (tertiary/aromatic N) is 3. The van der Waals surface area contributed by atoms with Crippen LogP contribution in [0.1, 0.15) is 37.9 Å². The van der Waals surface area contributed by atoms with E-state index in [0.29, 0.717) is 28.9 Å².